The molecule has 3 rings (SSSR count). The standard InChI is InChI=1S/C14H15N3O/c1-9-6-7-11(15)14(16-9)17-12-8-18-13-5-3-2-4-10(12)13/h2-7,12H,8,15H2,1H3,(H,16,17). The molecule has 1 aromatic heterocycles. The predicted octanol–water partition coefficient (Wildman–Crippen LogP) is 2.52. The quantitative estimate of drug-likeness (QED) is 0.848. The maximum absolute atomic E-state index is 5.92. The van der Waals surface area contributed by atoms with Crippen LogP contribution in [0.3, 0.4) is 0 Å². The summed E-state index contributed by atoms with van der Waals surface area (Å²) in [4.78, 5) is 4.42. The van der Waals surface area contributed by atoms with Crippen LogP contribution in [0.2, 0.25) is 0 Å². The van der Waals surface area contributed by atoms with Gasteiger partial charge in [0.15, 0.2) is 0 Å². The molecule has 0 saturated carbocycles. The van der Waals surface area contributed by atoms with Gasteiger partial charge in [0.1, 0.15) is 18.2 Å². The number of hydrogen-bond acceptors (Lipinski definition) is 4. The fraction of sp³-hybridized carbons (Fsp3) is 0.214. The van der Waals surface area contributed by atoms with Crippen LogP contribution >= 0.6 is 0 Å². The van der Waals surface area contributed by atoms with Crippen LogP contribution in [-0.2, 0) is 0 Å². The van der Waals surface area contributed by atoms with Crippen LogP contribution < -0.4 is 15.8 Å². The third kappa shape index (κ3) is 1.86. The summed E-state index contributed by atoms with van der Waals surface area (Å²) in [5.74, 6) is 1.65. The van der Waals surface area contributed by atoms with Crippen molar-refractivity contribution < 1.29 is 4.74 Å². The molecule has 1 unspecified atom stereocenters. The summed E-state index contributed by atoms with van der Waals surface area (Å²) in [6, 6.07) is 11.9. The Labute approximate surface area is 106 Å². The first-order valence-corrected chi connectivity index (χ1v) is 5.95. The minimum absolute atomic E-state index is 0.109. The maximum Gasteiger partial charge on any atom is 0.150 e. The topological polar surface area (TPSA) is 60.2 Å². The Morgan fingerprint density at radius 1 is 1.28 bits per heavy atom. The van der Waals surface area contributed by atoms with Gasteiger partial charge in [0, 0.05) is 11.3 Å². The molecule has 0 amide bonds. The Bertz CT molecular complexity index is 583. The van der Waals surface area contributed by atoms with Gasteiger partial charge < -0.3 is 15.8 Å². The lowest BCUT2D eigenvalue weighted by Crippen LogP contribution is -2.14. The largest absolute Gasteiger partial charge is 0.491 e. The fourth-order valence-corrected chi connectivity index (χ4v) is 2.13. The molecule has 0 fully saturated rings. The van der Waals surface area contributed by atoms with Crippen LogP contribution in [0.15, 0.2) is 36.4 Å². The number of nitrogens with one attached hydrogen (secondary N) is 1. The zero-order valence-corrected chi connectivity index (χ0v) is 10.2. The summed E-state index contributed by atoms with van der Waals surface area (Å²) in [6.07, 6.45) is 0. The van der Waals surface area contributed by atoms with E-state index >= 15 is 0 Å². The number of anilines is 2. The number of hydrogen-bond donors (Lipinski definition) is 2. The molecular weight excluding hydrogens is 226 g/mol. The molecule has 92 valence electrons. The molecule has 0 aliphatic carbocycles. The number of rotatable bonds is 2. The van der Waals surface area contributed by atoms with Crippen LogP contribution in [0.1, 0.15) is 17.3 Å². The van der Waals surface area contributed by atoms with E-state index in [-0.39, 0.29) is 6.04 Å². The molecule has 0 saturated heterocycles. The van der Waals surface area contributed by atoms with Gasteiger partial charge in [-0.05, 0) is 25.1 Å². The van der Waals surface area contributed by atoms with E-state index in [0.29, 0.717) is 12.3 Å². The Morgan fingerprint density at radius 3 is 3.00 bits per heavy atom. The van der Waals surface area contributed by atoms with Crippen molar-refractivity contribution in [2.45, 2.75) is 13.0 Å². The van der Waals surface area contributed by atoms with E-state index in [1.165, 1.54) is 0 Å². The summed E-state index contributed by atoms with van der Waals surface area (Å²) in [5, 5.41) is 3.35. The number of fused-ring (bicyclic) bond motifs is 1. The fourth-order valence-electron chi connectivity index (χ4n) is 2.13. The molecule has 1 aliphatic rings. The monoisotopic (exact) mass is 241 g/mol. The van der Waals surface area contributed by atoms with Gasteiger partial charge in [0.2, 0.25) is 0 Å². The van der Waals surface area contributed by atoms with Crippen molar-refractivity contribution >= 4 is 11.5 Å². The van der Waals surface area contributed by atoms with Gasteiger partial charge in [-0.1, -0.05) is 18.2 Å². The van der Waals surface area contributed by atoms with Crippen molar-refractivity contribution in [2.24, 2.45) is 0 Å². The normalized spacial score (nSPS) is 17.1. The summed E-state index contributed by atoms with van der Waals surface area (Å²) in [5.41, 5.74) is 8.68. The third-order valence-corrected chi connectivity index (χ3v) is 3.08. The second kappa shape index (κ2) is 4.22. The highest BCUT2D eigenvalue weighted by Gasteiger charge is 2.24. The average Bonchev–Trinajstić information content (AvgIpc) is 2.78. The molecule has 0 spiro atoms. The number of benzene rings is 1. The highest BCUT2D eigenvalue weighted by Crippen LogP contribution is 2.34. The van der Waals surface area contributed by atoms with Crippen molar-refractivity contribution in [3.05, 3.63) is 47.7 Å². The molecule has 0 radical (unpaired) electrons. The van der Waals surface area contributed by atoms with Crippen molar-refractivity contribution in [3.63, 3.8) is 0 Å². The molecule has 18 heavy (non-hydrogen) atoms. The van der Waals surface area contributed by atoms with E-state index in [4.69, 9.17) is 10.5 Å². The molecule has 3 N–H and O–H groups in total. The van der Waals surface area contributed by atoms with E-state index in [1.807, 2.05) is 37.3 Å². The second-order valence-corrected chi connectivity index (χ2v) is 4.44. The van der Waals surface area contributed by atoms with Gasteiger partial charge in [-0.3, -0.25) is 0 Å². The van der Waals surface area contributed by atoms with Gasteiger partial charge in [-0.2, -0.15) is 0 Å². The molecule has 4 nitrogen and oxygen atoms in total. The number of ether oxygens (including phenoxy) is 1. The lowest BCUT2D eigenvalue weighted by molar-refractivity contribution is 0.339. The van der Waals surface area contributed by atoms with Crippen molar-refractivity contribution in [2.75, 3.05) is 17.7 Å². The van der Waals surface area contributed by atoms with Crippen molar-refractivity contribution in [1.29, 1.82) is 0 Å². The van der Waals surface area contributed by atoms with E-state index < -0.39 is 0 Å². The van der Waals surface area contributed by atoms with Gasteiger partial charge in [-0.25, -0.2) is 4.98 Å². The zero-order chi connectivity index (χ0) is 12.5. The highest BCUT2D eigenvalue weighted by atomic mass is 16.5. The van der Waals surface area contributed by atoms with Crippen molar-refractivity contribution in [3.8, 4) is 5.75 Å². The molecule has 2 heterocycles. The number of aryl methyl sites for hydroxylation is 1. The minimum atomic E-state index is 0.109. The second-order valence-electron chi connectivity index (χ2n) is 4.44. The van der Waals surface area contributed by atoms with Crippen LogP contribution in [0.25, 0.3) is 0 Å². The van der Waals surface area contributed by atoms with E-state index in [9.17, 15) is 0 Å². The SMILES string of the molecule is Cc1ccc(N)c(NC2COc3ccccc32)n1. The van der Waals surface area contributed by atoms with Crippen molar-refractivity contribution in [1.82, 2.24) is 4.98 Å². The Morgan fingerprint density at radius 2 is 2.11 bits per heavy atom. The van der Waals surface area contributed by atoms with Gasteiger partial charge >= 0.3 is 0 Å². The van der Waals surface area contributed by atoms with Crippen LogP contribution in [0.4, 0.5) is 11.5 Å². The molecular formula is C14H15N3O. The number of pyridine rings is 1. The number of nitrogens with two attached hydrogens (primary N) is 1. The number of nitrogen functional groups attached to an aromatic ring is 1. The zero-order valence-electron chi connectivity index (χ0n) is 10.2. The minimum Gasteiger partial charge on any atom is -0.491 e. The Kier molecular flexibility index (Phi) is 2.55. The Hall–Kier alpha value is -2.23. The first-order chi connectivity index (χ1) is 8.74. The Balaban J connectivity index is 1.88. The smallest absolute Gasteiger partial charge is 0.150 e. The first-order valence-electron chi connectivity index (χ1n) is 5.95. The lowest BCUT2D eigenvalue weighted by Gasteiger charge is -2.14. The van der Waals surface area contributed by atoms with Gasteiger partial charge in [0.25, 0.3) is 0 Å². The molecule has 1 aliphatic heterocycles. The van der Waals surface area contributed by atoms with E-state index in [0.717, 1.165) is 22.8 Å². The first kappa shape index (κ1) is 10.9. The lowest BCUT2D eigenvalue weighted by atomic mass is 10.1. The predicted molar refractivity (Wildman–Crippen MR) is 71.7 cm³/mol. The average molecular weight is 241 g/mol. The maximum atomic E-state index is 5.92. The number of nitrogens with zero attached hydrogens (tertiary/aromatic N) is 1. The summed E-state index contributed by atoms with van der Waals surface area (Å²) < 4.78 is 5.62. The third-order valence-electron chi connectivity index (χ3n) is 3.08. The summed E-state index contributed by atoms with van der Waals surface area (Å²) >= 11 is 0. The molecule has 2 aromatic rings. The van der Waals surface area contributed by atoms with Crippen LogP contribution in [0.5, 0.6) is 5.75 Å². The van der Waals surface area contributed by atoms with E-state index in [2.05, 4.69) is 16.4 Å². The molecule has 0 bridgehead atoms. The highest BCUT2D eigenvalue weighted by molar-refractivity contribution is 5.62. The van der Waals surface area contributed by atoms with Gasteiger partial charge in [0.05, 0.1) is 11.7 Å². The molecule has 4 heteroatoms. The van der Waals surface area contributed by atoms with E-state index in [1.54, 1.807) is 0 Å². The molecule has 1 atom stereocenters. The van der Waals surface area contributed by atoms with Crippen LogP contribution in [0, 0.1) is 6.92 Å². The molecule has 1 aromatic carbocycles. The summed E-state index contributed by atoms with van der Waals surface area (Å²) in [7, 11) is 0. The van der Waals surface area contributed by atoms with Crippen LogP contribution in [-0.4, -0.2) is 11.6 Å². The number of aromatic nitrogens is 1. The number of para-hydroxylation sites is 1. The summed E-state index contributed by atoms with van der Waals surface area (Å²) in [6.45, 7) is 2.55. The van der Waals surface area contributed by atoms with Gasteiger partial charge in [-0.15, -0.1) is 0 Å².